The van der Waals surface area contributed by atoms with Crippen molar-refractivity contribution in [1.29, 1.82) is 0 Å². The fraction of sp³-hybridized carbons (Fsp3) is 0.409. The first-order chi connectivity index (χ1) is 14.3. The molecule has 8 heteroatoms. The number of aromatic nitrogens is 2. The van der Waals surface area contributed by atoms with Crippen LogP contribution in [0.25, 0.3) is 16.5 Å². The van der Waals surface area contributed by atoms with Crippen LogP contribution >= 0.6 is 0 Å². The highest BCUT2D eigenvalue weighted by molar-refractivity contribution is 5.95. The largest absolute Gasteiger partial charge is 0.379 e. The molecule has 2 aromatic rings. The van der Waals surface area contributed by atoms with Gasteiger partial charge in [-0.25, -0.2) is 9.37 Å². The van der Waals surface area contributed by atoms with Gasteiger partial charge < -0.3 is 20.8 Å². The van der Waals surface area contributed by atoms with Gasteiger partial charge in [0.15, 0.2) is 5.79 Å². The van der Waals surface area contributed by atoms with E-state index in [9.17, 15) is 19.4 Å². The summed E-state index contributed by atoms with van der Waals surface area (Å²) in [6.07, 6.45) is 7.06. The molecule has 0 saturated heterocycles. The van der Waals surface area contributed by atoms with E-state index in [0.29, 0.717) is 17.8 Å². The average Bonchev–Trinajstić information content (AvgIpc) is 3.44. The maximum atomic E-state index is 13.0. The second-order valence-corrected chi connectivity index (χ2v) is 8.01. The molecule has 0 aromatic carbocycles. The molecule has 1 aliphatic carbocycles. The number of hydrogen-bond acceptors (Lipinski definition) is 6. The summed E-state index contributed by atoms with van der Waals surface area (Å²) in [5.41, 5.74) is 3.32. The summed E-state index contributed by atoms with van der Waals surface area (Å²) in [5.74, 6) is -2.39. The van der Waals surface area contributed by atoms with Crippen molar-refractivity contribution in [3.63, 3.8) is 0 Å². The van der Waals surface area contributed by atoms with E-state index >= 15 is 0 Å². The van der Waals surface area contributed by atoms with Crippen molar-refractivity contribution in [3.05, 3.63) is 47.9 Å². The van der Waals surface area contributed by atoms with Crippen molar-refractivity contribution >= 4 is 28.2 Å². The number of nitrogens with one attached hydrogen (secondary N) is 2. The van der Waals surface area contributed by atoms with Gasteiger partial charge >= 0.3 is 0 Å². The predicted octanol–water partition coefficient (Wildman–Crippen LogP) is 2.67. The lowest BCUT2D eigenvalue weighted by atomic mass is 9.92. The Morgan fingerprint density at radius 3 is 2.77 bits per heavy atom. The number of dihydropyridines is 1. The molecule has 3 atom stereocenters. The fourth-order valence-electron chi connectivity index (χ4n) is 3.67. The molecule has 4 rings (SSSR count). The average molecular weight is 412 g/mol. The van der Waals surface area contributed by atoms with E-state index in [2.05, 4.69) is 20.6 Å². The molecule has 4 N–H and O–H groups in total. The Hall–Kier alpha value is -2.84. The van der Waals surface area contributed by atoms with Gasteiger partial charge in [0.25, 0.3) is 0 Å². The van der Waals surface area contributed by atoms with Crippen molar-refractivity contribution < 1.29 is 19.4 Å². The summed E-state index contributed by atoms with van der Waals surface area (Å²) < 4.78 is 13.0. The van der Waals surface area contributed by atoms with Crippen LogP contribution in [0.15, 0.2) is 42.4 Å². The molecule has 1 fully saturated rings. The van der Waals surface area contributed by atoms with Crippen LogP contribution < -0.4 is 10.6 Å². The van der Waals surface area contributed by atoms with Crippen LogP contribution in [0.5, 0.6) is 0 Å². The minimum absolute atomic E-state index is 0.268. The number of fused-ring (bicyclic) bond motifs is 1. The minimum Gasteiger partial charge on any atom is -0.379 e. The number of carbonyl (C=O) groups excluding carboxylic acids is 1. The Labute approximate surface area is 173 Å². The third-order valence-corrected chi connectivity index (χ3v) is 5.54. The molecule has 1 saturated carbocycles. The van der Waals surface area contributed by atoms with Gasteiger partial charge in [-0.05, 0) is 25.0 Å². The Bertz CT molecular complexity index is 1050. The highest BCUT2D eigenvalue weighted by Gasteiger charge is 2.43. The lowest BCUT2D eigenvalue weighted by Gasteiger charge is -2.32. The number of anilines is 1. The van der Waals surface area contributed by atoms with E-state index in [1.807, 2.05) is 26.0 Å². The number of allylic oxidation sites excluding steroid dienone is 2. The SMILES string of the molecule is CCCC(O)(O)C1C=C(C)C(c2cnc3cc(NC(=O)C4CC4F)ncc3c2)=CN1. The zero-order valence-electron chi connectivity index (χ0n) is 16.9. The molecule has 1 amide bonds. The number of alkyl halides is 1. The number of aliphatic hydroxyl groups is 2. The smallest absolute Gasteiger partial charge is 0.231 e. The second kappa shape index (κ2) is 7.77. The van der Waals surface area contributed by atoms with E-state index in [-0.39, 0.29) is 18.7 Å². The Morgan fingerprint density at radius 1 is 1.33 bits per heavy atom. The second-order valence-electron chi connectivity index (χ2n) is 8.01. The Kier molecular flexibility index (Phi) is 5.29. The molecular weight excluding hydrogens is 387 g/mol. The van der Waals surface area contributed by atoms with Gasteiger partial charge in [-0.2, -0.15) is 0 Å². The molecule has 0 spiro atoms. The summed E-state index contributed by atoms with van der Waals surface area (Å²) in [6, 6.07) is 3.01. The number of hydrogen-bond donors (Lipinski definition) is 4. The van der Waals surface area contributed by atoms with E-state index in [1.54, 1.807) is 24.7 Å². The molecule has 158 valence electrons. The number of pyridine rings is 2. The van der Waals surface area contributed by atoms with E-state index in [0.717, 1.165) is 22.1 Å². The molecule has 2 aliphatic rings. The van der Waals surface area contributed by atoms with E-state index in [1.165, 1.54) is 0 Å². The number of rotatable bonds is 6. The van der Waals surface area contributed by atoms with Gasteiger partial charge in [-0.3, -0.25) is 9.78 Å². The first-order valence-corrected chi connectivity index (χ1v) is 10.1. The lowest BCUT2D eigenvalue weighted by Crippen LogP contribution is -2.49. The molecule has 1 aliphatic heterocycles. The molecule has 3 heterocycles. The quantitative estimate of drug-likeness (QED) is 0.544. The van der Waals surface area contributed by atoms with Crippen LogP contribution in [0, 0.1) is 5.92 Å². The maximum Gasteiger partial charge on any atom is 0.231 e. The monoisotopic (exact) mass is 412 g/mol. The predicted molar refractivity (Wildman–Crippen MR) is 112 cm³/mol. The van der Waals surface area contributed by atoms with Gasteiger partial charge in [0.2, 0.25) is 5.91 Å². The number of amides is 1. The number of halogens is 1. The zero-order chi connectivity index (χ0) is 21.5. The van der Waals surface area contributed by atoms with Crippen LogP contribution in [0.3, 0.4) is 0 Å². The highest BCUT2D eigenvalue weighted by atomic mass is 19.1. The van der Waals surface area contributed by atoms with Crippen molar-refractivity contribution in [3.8, 4) is 0 Å². The molecule has 30 heavy (non-hydrogen) atoms. The topological polar surface area (TPSA) is 107 Å². The highest BCUT2D eigenvalue weighted by Crippen LogP contribution is 2.35. The molecule has 0 bridgehead atoms. The fourth-order valence-corrected chi connectivity index (χ4v) is 3.67. The first kappa shape index (κ1) is 20.4. The summed E-state index contributed by atoms with van der Waals surface area (Å²) in [4.78, 5) is 20.6. The number of carbonyl (C=O) groups is 1. The molecule has 7 nitrogen and oxygen atoms in total. The maximum absolute atomic E-state index is 13.0. The Balaban J connectivity index is 1.52. The third-order valence-electron chi connectivity index (χ3n) is 5.54. The molecule has 0 radical (unpaired) electrons. The third kappa shape index (κ3) is 4.06. The zero-order valence-corrected chi connectivity index (χ0v) is 16.9. The molecular formula is C22H25FN4O3. The van der Waals surface area contributed by atoms with Crippen molar-refractivity contribution in [2.24, 2.45) is 5.92 Å². The van der Waals surface area contributed by atoms with Crippen molar-refractivity contribution in [1.82, 2.24) is 15.3 Å². The minimum atomic E-state index is -1.81. The van der Waals surface area contributed by atoms with Crippen molar-refractivity contribution in [2.75, 3.05) is 5.32 Å². The summed E-state index contributed by atoms with van der Waals surface area (Å²) in [6.45, 7) is 3.82. The number of nitrogens with zero attached hydrogens (tertiary/aromatic N) is 2. The van der Waals surface area contributed by atoms with Gasteiger partial charge in [-0.15, -0.1) is 0 Å². The van der Waals surface area contributed by atoms with Gasteiger partial charge in [0, 0.05) is 47.6 Å². The van der Waals surface area contributed by atoms with Gasteiger partial charge in [0.1, 0.15) is 12.0 Å². The molecule has 2 aromatic heterocycles. The van der Waals surface area contributed by atoms with Crippen molar-refractivity contribution in [2.45, 2.75) is 51.1 Å². The van der Waals surface area contributed by atoms with Gasteiger partial charge in [-0.1, -0.05) is 19.4 Å². The van der Waals surface area contributed by atoms with Crippen LogP contribution in [0.2, 0.25) is 0 Å². The standard InChI is InChI=1S/C22H25FN4O3/c1-3-4-22(29,30)19-5-12(2)16(11-25-19)13-6-14-10-26-20(8-18(14)24-9-13)27-21(28)15-7-17(15)23/h5-6,8-11,15,17,19,25,29-30H,3-4,7H2,1-2H3,(H,26,27,28). The van der Waals surface area contributed by atoms with Crippen LogP contribution in [0.1, 0.15) is 38.7 Å². The van der Waals surface area contributed by atoms with Gasteiger partial charge in [0.05, 0.1) is 17.5 Å². The Morgan fingerprint density at radius 2 is 2.10 bits per heavy atom. The van der Waals surface area contributed by atoms with E-state index in [4.69, 9.17) is 0 Å². The summed E-state index contributed by atoms with van der Waals surface area (Å²) in [7, 11) is 0. The summed E-state index contributed by atoms with van der Waals surface area (Å²) in [5, 5.41) is 27.0. The lowest BCUT2D eigenvalue weighted by molar-refractivity contribution is -0.176. The van der Waals surface area contributed by atoms with E-state index < -0.39 is 23.9 Å². The normalized spacial score (nSPS) is 23.4. The summed E-state index contributed by atoms with van der Waals surface area (Å²) >= 11 is 0. The first-order valence-electron chi connectivity index (χ1n) is 10.1. The van der Waals surface area contributed by atoms with Crippen LogP contribution in [0.4, 0.5) is 10.2 Å². The molecule has 3 unspecified atom stereocenters. The van der Waals surface area contributed by atoms with Crippen LogP contribution in [-0.2, 0) is 4.79 Å². The van der Waals surface area contributed by atoms with Crippen LogP contribution in [-0.4, -0.2) is 44.1 Å².